The maximum absolute atomic E-state index is 11.6. The Hall–Kier alpha value is -1.22. The average Bonchev–Trinajstić information content (AvgIpc) is 3.01. The molecule has 9 heteroatoms. The Labute approximate surface area is 162 Å². The van der Waals surface area contributed by atoms with Gasteiger partial charge in [0.25, 0.3) is 0 Å². The molecule has 0 aliphatic rings. The number of carbonyl (C=O) groups is 1. The highest BCUT2D eigenvalue weighted by atomic mass is 79.9. The van der Waals surface area contributed by atoms with Crippen molar-refractivity contribution in [1.82, 2.24) is 10.3 Å². The number of nitrogens with one attached hydrogen (secondary N) is 2. The predicted octanol–water partition coefficient (Wildman–Crippen LogP) is 4.41. The van der Waals surface area contributed by atoms with E-state index in [-0.39, 0.29) is 11.0 Å². The van der Waals surface area contributed by atoms with Crippen molar-refractivity contribution in [2.45, 2.75) is 12.8 Å². The SMILES string of the molecule is COc1ccc(-c2csc(NC(=S)NC(=O)CCCCl)n2)cc1Br. The first-order chi connectivity index (χ1) is 11.5. The standard InChI is InChI=1S/C15H15BrClN3O2S2/c1-22-12-5-4-9(7-10(12)16)11-8-24-15(18-11)20-14(23)19-13(21)3-2-6-17/h4-5,7-8H,2-3,6H2,1H3,(H2,18,19,20,21,23). The number of hydrogen-bond donors (Lipinski definition) is 2. The number of halogens is 2. The third kappa shape index (κ3) is 5.41. The van der Waals surface area contributed by atoms with Crippen molar-refractivity contribution in [1.29, 1.82) is 0 Å². The molecule has 1 aromatic heterocycles. The second-order valence-corrected chi connectivity index (χ2v) is 7.18. The van der Waals surface area contributed by atoms with Gasteiger partial charge in [-0.15, -0.1) is 22.9 Å². The number of thiocarbonyl (C=S) groups is 1. The number of benzene rings is 1. The summed E-state index contributed by atoms with van der Waals surface area (Å²) < 4.78 is 6.07. The third-order valence-electron chi connectivity index (χ3n) is 2.96. The molecule has 1 amide bonds. The van der Waals surface area contributed by atoms with Gasteiger partial charge in [0.1, 0.15) is 5.75 Å². The molecule has 0 saturated heterocycles. The van der Waals surface area contributed by atoms with Crippen LogP contribution in [0.4, 0.5) is 5.13 Å². The molecule has 1 heterocycles. The second kappa shape index (κ2) is 9.31. The van der Waals surface area contributed by atoms with Gasteiger partial charge in [-0.05, 0) is 52.8 Å². The Bertz CT molecular complexity index is 739. The zero-order valence-corrected chi connectivity index (χ0v) is 16.7. The van der Waals surface area contributed by atoms with Gasteiger partial charge in [-0.1, -0.05) is 0 Å². The highest BCUT2D eigenvalue weighted by Gasteiger charge is 2.10. The summed E-state index contributed by atoms with van der Waals surface area (Å²) in [5, 5.41) is 8.27. The van der Waals surface area contributed by atoms with Crippen LogP contribution in [0.2, 0.25) is 0 Å². The van der Waals surface area contributed by atoms with Gasteiger partial charge in [0.2, 0.25) is 5.91 Å². The average molecular weight is 449 g/mol. The highest BCUT2D eigenvalue weighted by Crippen LogP contribution is 2.31. The molecule has 5 nitrogen and oxygen atoms in total. The molecule has 0 saturated carbocycles. The number of aromatic nitrogens is 1. The zero-order chi connectivity index (χ0) is 17.5. The number of amides is 1. The fraction of sp³-hybridized carbons (Fsp3) is 0.267. The van der Waals surface area contributed by atoms with Crippen molar-refractivity contribution >= 4 is 67.2 Å². The number of methoxy groups -OCH3 is 1. The predicted molar refractivity (Wildman–Crippen MR) is 106 cm³/mol. The van der Waals surface area contributed by atoms with Crippen molar-refractivity contribution in [3.63, 3.8) is 0 Å². The van der Waals surface area contributed by atoms with E-state index in [0.29, 0.717) is 23.9 Å². The summed E-state index contributed by atoms with van der Waals surface area (Å²) in [6.07, 6.45) is 0.956. The number of anilines is 1. The minimum atomic E-state index is -0.163. The Morgan fingerprint density at radius 1 is 1.50 bits per heavy atom. The van der Waals surface area contributed by atoms with Crippen LogP contribution in [0.1, 0.15) is 12.8 Å². The molecular weight excluding hydrogens is 434 g/mol. The molecule has 0 radical (unpaired) electrons. The molecule has 0 aliphatic heterocycles. The van der Waals surface area contributed by atoms with E-state index in [9.17, 15) is 4.79 Å². The second-order valence-electron chi connectivity index (χ2n) is 4.68. The molecule has 2 aromatic rings. The van der Waals surface area contributed by atoms with Crippen molar-refractivity contribution in [3.8, 4) is 17.0 Å². The number of hydrogen-bond acceptors (Lipinski definition) is 5. The molecule has 0 bridgehead atoms. The summed E-state index contributed by atoms with van der Waals surface area (Å²) in [7, 11) is 1.62. The van der Waals surface area contributed by atoms with Gasteiger partial charge >= 0.3 is 0 Å². The van der Waals surface area contributed by atoms with Gasteiger partial charge in [-0.3, -0.25) is 4.79 Å². The quantitative estimate of drug-likeness (QED) is 0.506. The lowest BCUT2D eigenvalue weighted by molar-refractivity contribution is -0.119. The number of carbonyl (C=O) groups excluding carboxylic acids is 1. The van der Waals surface area contributed by atoms with Gasteiger partial charge in [0.05, 0.1) is 17.3 Å². The van der Waals surface area contributed by atoms with Gasteiger partial charge in [-0.25, -0.2) is 4.98 Å². The normalized spacial score (nSPS) is 10.3. The molecule has 24 heavy (non-hydrogen) atoms. The van der Waals surface area contributed by atoms with Crippen LogP contribution in [0.15, 0.2) is 28.1 Å². The number of nitrogens with zero attached hydrogens (tertiary/aromatic N) is 1. The zero-order valence-electron chi connectivity index (χ0n) is 12.8. The highest BCUT2D eigenvalue weighted by molar-refractivity contribution is 9.10. The van der Waals surface area contributed by atoms with Crippen molar-refractivity contribution < 1.29 is 9.53 Å². The molecule has 2 N–H and O–H groups in total. The van der Waals surface area contributed by atoms with Gasteiger partial charge in [0, 0.05) is 23.2 Å². The minimum absolute atomic E-state index is 0.163. The van der Waals surface area contributed by atoms with E-state index in [1.807, 2.05) is 23.6 Å². The Morgan fingerprint density at radius 2 is 2.29 bits per heavy atom. The van der Waals surface area contributed by atoms with E-state index >= 15 is 0 Å². The number of ether oxygens (including phenoxy) is 1. The lowest BCUT2D eigenvalue weighted by Gasteiger charge is -2.06. The van der Waals surface area contributed by atoms with Gasteiger partial charge < -0.3 is 15.4 Å². The molecular formula is C15H15BrClN3O2S2. The van der Waals surface area contributed by atoms with E-state index < -0.39 is 0 Å². The fourth-order valence-electron chi connectivity index (χ4n) is 1.83. The lowest BCUT2D eigenvalue weighted by atomic mass is 10.2. The smallest absolute Gasteiger partial charge is 0.226 e. The molecule has 0 aliphatic carbocycles. The topological polar surface area (TPSA) is 63.2 Å². The molecule has 0 atom stereocenters. The van der Waals surface area contributed by atoms with E-state index in [4.69, 9.17) is 28.6 Å². The molecule has 0 unspecified atom stereocenters. The Kier molecular flexibility index (Phi) is 7.41. The summed E-state index contributed by atoms with van der Waals surface area (Å²) in [6, 6.07) is 5.73. The summed E-state index contributed by atoms with van der Waals surface area (Å²) >= 11 is 15.5. The monoisotopic (exact) mass is 447 g/mol. The maximum atomic E-state index is 11.6. The van der Waals surface area contributed by atoms with E-state index in [1.165, 1.54) is 11.3 Å². The maximum Gasteiger partial charge on any atom is 0.226 e. The van der Waals surface area contributed by atoms with Crippen LogP contribution in [0, 0.1) is 0 Å². The summed E-state index contributed by atoms with van der Waals surface area (Å²) in [4.78, 5) is 16.1. The largest absolute Gasteiger partial charge is 0.496 e. The molecule has 0 fully saturated rings. The minimum Gasteiger partial charge on any atom is -0.496 e. The summed E-state index contributed by atoms with van der Waals surface area (Å²) in [5.74, 6) is 1.04. The molecule has 1 aromatic carbocycles. The molecule has 128 valence electrons. The van der Waals surface area contributed by atoms with E-state index in [0.717, 1.165) is 21.5 Å². The van der Waals surface area contributed by atoms with Crippen LogP contribution in [0.3, 0.4) is 0 Å². The van der Waals surface area contributed by atoms with Crippen LogP contribution in [0.25, 0.3) is 11.3 Å². The third-order valence-corrected chi connectivity index (χ3v) is 4.81. The van der Waals surface area contributed by atoms with Gasteiger partial charge in [-0.2, -0.15) is 0 Å². The van der Waals surface area contributed by atoms with E-state index in [2.05, 4.69) is 31.5 Å². The van der Waals surface area contributed by atoms with Crippen molar-refractivity contribution in [3.05, 3.63) is 28.1 Å². The first-order valence-electron chi connectivity index (χ1n) is 6.99. The van der Waals surface area contributed by atoms with Crippen LogP contribution < -0.4 is 15.4 Å². The summed E-state index contributed by atoms with van der Waals surface area (Å²) in [5.41, 5.74) is 1.76. The number of alkyl halides is 1. The van der Waals surface area contributed by atoms with E-state index in [1.54, 1.807) is 7.11 Å². The van der Waals surface area contributed by atoms with Crippen LogP contribution in [-0.2, 0) is 4.79 Å². The van der Waals surface area contributed by atoms with Crippen LogP contribution >= 0.6 is 51.1 Å². The number of rotatable bonds is 6. The van der Waals surface area contributed by atoms with Crippen molar-refractivity contribution in [2.24, 2.45) is 0 Å². The first-order valence-corrected chi connectivity index (χ1v) is 9.61. The molecule has 2 rings (SSSR count). The van der Waals surface area contributed by atoms with Gasteiger partial charge in [0.15, 0.2) is 10.2 Å². The Morgan fingerprint density at radius 3 is 2.96 bits per heavy atom. The van der Waals surface area contributed by atoms with Crippen LogP contribution in [-0.4, -0.2) is 29.0 Å². The Balaban J connectivity index is 1.99. The van der Waals surface area contributed by atoms with Crippen LogP contribution in [0.5, 0.6) is 5.75 Å². The molecule has 0 spiro atoms. The fourth-order valence-corrected chi connectivity index (χ4v) is 3.51. The lowest BCUT2D eigenvalue weighted by Crippen LogP contribution is -2.33. The number of thiazole rings is 1. The van der Waals surface area contributed by atoms with Crippen molar-refractivity contribution in [2.75, 3.05) is 18.3 Å². The first kappa shape index (κ1) is 19.1. The summed E-state index contributed by atoms with van der Waals surface area (Å²) in [6.45, 7) is 0.